The van der Waals surface area contributed by atoms with Gasteiger partial charge in [0.1, 0.15) is 18.0 Å². The maximum absolute atomic E-state index is 5.52. The van der Waals surface area contributed by atoms with Gasteiger partial charge in [-0.1, -0.05) is 0 Å². The van der Waals surface area contributed by atoms with Crippen LogP contribution in [0.25, 0.3) is 0 Å². The number of aromatic nitrogens is 3. The fourth-order valence-corrected chi connectivity index (χ4v) is 1.74. The number of hydrogen-bond acceptors (Lipinski definition) is 6. The molecule has 0 unspecified atom stereocenters. The molecule has 2 heterocycles. The lowest BCUT2D eigenvalue weighted by atomic mass is 10.3. The second-order valence-corrected chi connectivity index (χ2v) is 3.70. The molecule has 0 bridgehead atoms. The van der Waals surface area contributed by atoms with Gasteiger partial charge in [0.05, 0.1) is 11.2 Å². The van der Waals surface area contributed by atoms with Gasteiger partial charge in [0.15, 0.2) is 0 Å². The van der Waals surface area contributed by atoms with Gasteiger partial charge in [-0.3, -0.25) is 0 Å². The Kier molecular flexibility index (Phi) is 3.08. The maximum Gasteiger partial charge on any atom is 0.131 e. The van der Waals surface area contributed by atoms with Crippen LogP contribution in [0.4, 0.5) is 11.6 Å². The molecule has 2 rings (SSSR count). The van der Waals surface area contributed by atoms with E-state index in [1.807, 2.05) is 10.9 Å². The van der Waals surface area contributed by atoms with Crippen LogP contribution >= 0.6 is 11.3 Å². The SMILES string of the molecule is Nc1cc(NCCc2cscn2)ncn1. The molecule has 15 heavy (non-hydrogen) atoms. The van der Waals surface area contributed by atoms with Crippen molar-refractivity contribution in [2.75, 3.05) is 17.6 Å². The Labute approximate surface area is 91.4 Å². The third-order valence-electron chi connectivity index (χ3n) is 1.86. The fourth-order valence-electron chi connectivity index (χ4n) is 1.15. The number of nitrogens with one attached hydrogen (secondary N) is 1. The van der Waals surface area contributed by atoms with E-state index in [2.05, 4.69) is 20.3 Å². The molecule has 0 saturated heterocycles. The summed E-state index contributed by atoms with van der Waals surface area (Å²) in [5.41, 5.74) is 8.45. The third-order valence-corrected chi connectivity index (χ3v) is 2.49. The summed E-state index contributed by atoms with van der Waals surface area (Å²) in [5, 5.41) is 5.19. The zero-order valence-corrected chi connectivity index (χ0v) is 8.87. The largest absolute Gasteiger partial charge is 0.384 e. The van der Waals surface area contributed by atoms with Crippen LogP contribution < -0.4 is 11.1 Å². The van der Waals surface area contributed by atoms with E-state index in [-0.39, 0.29) is 0 Å². The Morgan fingerprint density at radius 2 is 2.27 bits per heavy atom. The summed E-state index contributed by atoms with van der Waals surface area (Å²) in [4.78, 5) is 12.0. The molecular weight excluding hydrogens is 210 g/mol. The van der Waals surface area contributed by atoms with Crippen LogP contribution in [0, 0.1) is 0 Å². The van der Waals surface area contributed by atoms with Crippen LogP contribution in [-0.4, -0.2) is 21.5 Å². The molecule has 0 fully saturated rings. The second-order valence-electron chi connectivity index (χ2n) is 2.98. The van der Waals surface area contributed by atoms with Crippen LogP contribution in [0.2, 0.25) is 0 Å². The van der Waals surface area contributed by atoms with Crippen molar-refractivity contribution in [1.29, 1.82) is 0 Å². The highest BCUT2D eigenvalue weighted by molar-refractivity contribution is 7.07. The molecule has 0 aliphatic carbocycles. The van der Waals surface area contributed by atoms with E-state index in [0.717, 1.165) is 24.5 Å². The molecule has 0 spiro atoms. The minimum atomic E-state index is 0.473. The molecule has 2 aromatic heterocycles. The van der Waals surface area contributed by atoms with E-state index in [0.29, 0.717) is 5.82 Å². The summed E-state index contributed by atoms with van der Waals surface area (Å²) in [6.07, 6.45) is 2.33. The highest BCUT2D eigenvalue weighted by Gasteiger charge is 1.97. The standard InChI is InChI=1S/C9H11N5S/c10-8-3-9(13-5-12-8)11-2-1-7-4-15-6-14-7/h3-6H,1-2H2,(H3,10,11,12,13). The van der Waals surface area contributed by atoms with Crippen LogP contribution in [-0.2, 0) is 6.42 Å². The molecule has 0 aliphatic rings. The van der Waals surface area contributed by atoms with E-state index in [4.69, 9.17) is 5.73 Å². The number of thiazole rings is 1. The van der Waals surface area contributed by atoms with Gasteiger partial charge in [-0.2, -0.15) is 0 Å². The third kappa shape index (κ3) is 2.88. The van der Waals surface area contributed by atoms with Crippen LogP contribution in [0.5, 0.6) is 0 Å². The lowest BCUT2D eigenvalue weighted by Gasteiger charge is -2.03. The molecule has 0 aliphatic heterocycles. The Morgan fingerprint density at radius 1 is 1.33 bits per heavy atom. The molecule has 0 amide bonds. The number of nitrogens with two attached hydrogens (primary N) is 1. The lowest BCUT2D eigenvalue weighted by molar-refractivity contribution is 0.965. The molecule has 2 aromatic rings. The quantitative estimate of drug-likeness (QED) is 0.810. The second kappa shape index (κ2) is 4.70. The van der Waals surface area contributed by atoms with Crippen molar-refractivity contribution in [3.05, 3.63) is 29.0 Å². The molecule has 3 N–H and O–H groups in total. The molecule has 0 aromatic carbocycles. The number of rotatable bonds is 4. The van der Waals surface area contributed by atoms with Gasteiger partial charge in [0, 0.05) is 24.4 Å². The summed E-state index contributed by atoms with van der Waals surface area (Å²) in [7, 11) is 0. The predicted octanol–water partition coefficient (Wildman–Crippen LogP) is 1.17. The first-order chi connectivity index (χ1) is 7.34. The average molecular weight is 221 g/mol. The molecule has 5 nitrogen and oxygen atoms in total. The van der Waals surface area contributed by atoms with Gasteiger partial charge >= 0.3 is 0 Å². The van der Waals surface area contributed by atoms with Gasteiger partial charge < -0.3 is 11.1 Å². The number of nitrogens with zero attached hydrogens (tertiary/aromatic N) is 3. The van der Waals surface area contributed by atoms with E-state index in [1.54, 1.807) is 17.4 Å². The highest BCUT2D eigenvalue weighted by atomic mass is 32.1. The van der Waals surface area contributed by atoms with Gasteiger partial charge in [-0.15, -0.1) is 11.3 Å². The first-order valence-electron chi connectivity index (χ1n) is 4.53. The molecule has 0 saturated carbocycles. The zero-order chi connectivity index (χ0) is 10.5. The maximum atomic E-state index is 5.52. The highest BCUT2D eigenvalue weighted by Crippen LogP contribution is 2.06. The van der Waals surface area contributed by atoms with Crippen molar-refractivity contribution >= 4 is 23.0 Å². The van der Waals surface area contributed by atoms with Crippen molar-refractivity contribution in [3.8, 4) is 0 Å². The fraction of sp³-hybridized carbons (Fsp3) is 0.222. The van der Waals surface area contributed by atoms with Crippen LogP contribution in [0.3, 0.4) is 0 Å². The predicted molar refractivity (Wildman–Crippen MR) is 60.8 cm³/mol. The van der Waals surface area contributed by atoms with Crippen LogP contribution in [0.1, 0.15) is 5.69 Å². The number of anilines is 2. The Balaban J connectivity index is 1.83. The minimum Gasteiger partial charge on any atom is -0.384 e. The van der Waals surface area contributed by atoms with Crippen molar-refractivity contribution in [2.45, 2.75) is 6.42 Å². The van der Waals surface area contributed by atoms with Crippen LogP contribution in [0.15, 0.2) is 23.3 Å². The summed E-state index contributed by atoms with van der Waals surface area (Å²) < 4.78 is 0. The van der Waals surface area contributed by atoms with Gasteiger partial charge in [0.2, 0.25) is 0 Å². The van der Waals surface area contributed by atoms with Gasteiger partial charge in [-0.05, 0) is 0 Å². The first-order valence-corrected chi connectivity index (χ1v) is 5.47. The van der Waals surface area contributed by atoms with E-state index in [9.17, 15) is 0 Å². The van der Waals surface area contributed by atoms with E-state index in [1.165, 1.54) is 6.33 Å². The first kappa shape index (κ1) is 9.85. The summed E-state index contributed by atoms with van der Waals surface area (Å²) >= 11 is 1.60. The smallest absolute Gasteiger partial charge is 0.131 e. The summed E-state index contributed by atoms with van der Waals surface area (Å²) in [6.45, 7) is 0.792. The summed E-state index contributed by atoms with van der Waals surface area (Å²) in [6, 6.07) is 1.71. The van der Waals surface area contributed by atoms with Crippen molar-refractivity contribution in [2.24, 2.45) is 0 Å². The lowest BCUT2D eigenvalue weighted by Crippen LogP contribution is -2.07. The molecule has 0 radical (unpaired) electrons. The van der Waals surface area contributed by atoms with E-state index >= 15 is 0 Å². The Morgan fingerprint density at radius 3 is 3.00 bits per heavy atom. The average Bonchev–Trinajstić information content (AvgIpc) is 2.71. The molecule has 6 heteroatoms. The Hall–Kier alpha value is -1.69. The Bertz CT molecular complexity index is 414. The van der Waals surface area contributed by atoms with Crippen molar-refractivity contribution in [1.82, 2.24) is 15.0 Å². The van der Waals surface area contributed by atoms with Crippen molar-refractivity contribution < 1.29 is 0 Å². The monoisotopic (exact) mass is 221 g/mol. The molecule has 0 atom stereocenters. The topological polar surface area (TPSA) is 76.7 Å². The minimum absolute atomic E-state index is 0.473. The normalized spacial score (nSPS) is 10.1. The summed E-state index contributed by atoms with van der Waals surface area (Å²) in [5.74, 6) is 1.22. The molecule has 78 valence electrons. The number of hydrogen-bond donors (Lipinski definition) is 2. The van der Waals surface area contributed by atoms with Crippen molar-refractivity contribution in [3.63, 3.8) is 0 Å². The molecular formula is C9H11N5S. The number of nitrogen functional groups attached to an aromatic ring is 1. The van der Waals surface area contributed by atoms with Gasteiger partial charge in [-0.25, -0.2) is 15.0 Å². The van der Waals surface area contributed by atoms with Gasteiger partial charge in [0.25, 0.3) is 0 Å². The van der Waals surface area contributed by atoms with E-state index < -0.39 is 0 Å². The zero-order valence-electron chi connectivity index (χ0n) is 8.05.